The Morgan fingerprint density at radius 1 is 1.13 bits per heavy atom. The number of aromatic nitrogens is 3. The molecule has 0 saturated heterocycles. The van der Waals surface area contributed by atoms with Crippen molar-refractivity contribution in [1.82, 2.24) is 14.8 Å². The maximum absolute atomic E-state index is 12.8. The minimum absolute atomic E-state index is 0.284. The van der Waals surface area contributed by atoms with E-state index in [-0.39, 0.29) is 5.69 Å². The van der Waals surface area contributed by atoms with Crippen LogP contribution in [0.15, 0.2) is 42.6 Å². The number of nitrogens with zero attached hydrogens (tertiary/aromatic N) is 3. The Bertz CT molecular complexity index is 1020. The lowest BCUT2D eigenvalue weighted by Gasteiger charge is -2.21. The van der Waals surface area contributed by atoms with E-state index in [9.17, 15) is 18.0 Å². The Labute approximate surface area is 179 Å². The molecule has 0 atom stereocenters. The third-order valence-corrected chi connectivity index (χ3v) is 5.00. The van der Waals surface area contributed by atoms with Gasteiger partial charge in [-0.05, 0) is 43.2 Å². The molecular formula is C23H27F3N4O. The topological polar surface area (TPSA) is 59.8 Å². The second-order valence-corrected chi connectivity index (χ2v) is 7.74. The summed E-state index contributed by atoms with van der Waals surface area (Å²) in [7, 11) is 0. The minimum Gasteiger partial charge on any atom is -0.321 e. The van der Waals surface area contributed by atoms with E-state index in [4.69, 9.17) is 0 Å². The number of benzene rings is 1. The van der Waals surface area contributed by atoms with Crippen LogP contribution in [0.1, 0.15) is 74.6 Å². The first-order chi connectivity index (χ1) is 14.8. The summed E-state index contributed by atoms with van der Waals surface area (Å²) >= 11 is 0. The average molecular weight is 432 g/mol. The molecule has 0 unspecified atom stereocenters. The number of alkyl halides is 3. The van der Waals surface area contributed by atoms with E-state index in [1.54, 1.807) is 18.2 Å². The van der Waals surface area contributed by atoms with Gasteiger partial charge in [0.25, 0.3) is 5.91 Å². The van der Waals surface area contributed by atoms with Crippen molar-refractivity contribution in [3.05, 3.63) is 54.0 Å². The molecule has 166 valence electrons. The van der Waals surface area contributed by atoms with Gasteiger partial charge in [0.15, 0.2) is 0 Å². The van der Waals surface area contributed by atoms with Crippen LogP contribution < -0.4 is 5.32 Å². The first-order valence-corrected chi connectivity index (χ1v) is 10.7. The Balaban J connectivity index is 0.000000858. The van der Waals surface area contributed by atoms with Crippen LogP contribution in [0.4, 0.5) is 18.9 Å². The van der Waals surface area contributed by atoms with Crippen LogP contribution in [-0.2, 0) is 6.18 Å². The molecule has 2 heterocycles. The second-order valence-electron chi connectivity index (χ2n) is 7.74. The minimum atomic E-state index is -4.59. The smallest absolute Gasteiger partial charge is 0.321 e. The van der Waals surface area contributed by atoms with E-state index in [1.807, 2.05) is 10.9 Å². The summed E-state index contributed by atoms with van der Waals surface area (Å²) in [6.07, 6.45) is 4.50. The van der Waals surface area contributed by atoms with E-state index < -0.39 is 17.8 Å². The maximum atomic E-state index is 12.8. The van der Waals surface area contributed by atoms with Gasteiger partial charge in [-0.3, -0.25) is 9.48 Å². The van der Waals surface area contributed by atoms with E-state index in [0.717, 1.165) is 29.8 Å². The van der Waals surface area contributed by atoms with Crippen molar-refractivity contribution in [1.29, 1.82) is 0 Å². The predicted molar refractivity (Wildman–Crippen MR) is 115 cm³/mol. The lowest BCUT2D eigenvalue weighted by atomic mass is 9.96. The lowest BCUT2D eigenvalue weighted by molar-refractivity contribution is -0.141. The highest BCUT2D eigenvalue weighted by Crippen LogP contribution is 2.30. The van der Waals surface area contributed by atoms with E-state index >= 15 is 0 Å². The maximum Gasteiger partial charge on any atom is 0.433 e. The van der Waals surface area contributed by atoms with Crippen molar-refractivity contribution in [3.63, 3.8) is 0 Å². The van der Waals surface area contributed by atoms with E-state index in [2.05, 4.69) is 29.2 Å². The zero-order valence-electron chi connectivity index (χ0n) is 17.7. The summed E-state index contributed by atoms with van der Waals surface area (Å²) in [5.74, 6) is -0.690. The van der Waals surface area contributed by atoms with Gasteiger partial charge in [-0.25, -0.2) is 4.98 Å². The summed E-state index contributed by atoms with van der Waals surface area (Å²) in [5, 5.41) is 8.11. The van der Waals surface area contributed by atoms with Crippen LogP contribution in [0.2, 0.25) is 0 Å². The zero-order valence-corrected chi connectivity index (χ0v) is 17.7. The molecule has 1 aromatic carbocycles. The molecule has 1 saturated carbocycles. The van der Waals surface area contributed by atoms with Gasteiger partial charge in [0.1, 0.15) is 11.4 Å². The molecular weight excluding hydrogens is 405 g/mol. The molecule has 0 radical (unpaired) electrons. The molecule has 1 aliphatic carbocycles. The Morgan fingerprint density at radius 2 is 1.84 bits per heavy atom. The highest BCUT2D eigenvalue weighted by molar-refractivity contribution is 6.03. The normalized spacial score (nSPS) is 14.7. The van der Waals surface area contributed by atoms with Crippen LogP contribution in [0.5, 0.6) is 0 Å². The second kappa shape index (κ2) is 9.94. The SMILES string of the molecule is CCC.O=C(Nc1ccc2nn(C3CCCCC3)cc2c1)c1cccc(C(F)(F)F)n1. The van der Waals surface area contributed by atoms with E-state index in [0.29, 0.717) is 11.7 Å². The lowest BCUT2D eigenvalue weighted by Crippen LogP contribution is -2.16. The third kappa shape index (κ3) is 5.83. The summed E-state index contributed by atoms with van der Waals surface area (Å²) in [4.78, 5) is 15.7. The Kier molecular flexibility index (Phi) is 7.30. The number of hydrogen-bond donors (Lipinski definition) is 1. The molecule has 1 fully saturated rings. The number of halogens is 3. The molecule has 4 rings (SSSR count). The fourth-order valence-electron chi connectivity index (χ4n) is 3.57. The van der Waals surface area contributed by atoms with Crippen molar-refractivity contribution in [3.8, 4) is 0 Å². The fourth-order valence-corrected chi connectivity index (χ4v) is 3.57. The van der Waals surface area contributed by atoms with Crippen molar-refractivity contribution in [2.75, 3.05) is 5.32 Å². The van der Waals surface area contributed by atoms with Crippen LogP contribution in [0.25, 0.3) is 10.9 Å². The molecule has 2 aromatic heterocycles. The van der Waals surface area contributed by atoms with Gasteiger partial charge in [-0.2, -0.15) is 18.3 Å². The molecule has 1 amide bonds. The molecule has 8 heteroatoms. The van der Waals surface area contributed by atoms with Crippen LogP contribution in [0, 0.1) is 0 Å². The van der Waals surface area contributed by atoms with Gasteiger partial charge < -0.3 is 5.32 Å². The van der Waals surface area contributed by atoms with Crippen molar-refractivity contribution in [2.45, 2.75) is 64.6 Å². The highest BCUT2D eigenvalue weighted by Gasteiger charge is 2.33. The first kappa shape index (κ1) is 22.8. The number of carbonyl (C=O) groups excluding carboxylic acids is 1. The monoisotopic (exact) mass is 432 g/mol. The molecule has 31 heavy (non-hydrogen) atoms. The third-order valence-electron chi connectivity index (χ3n) is 5.00. The van der Waals surface area contributed by atoms with Gasteiger partial charge >= 0.3 is 6.18 Å². The summed E-state index contributed by atoms with van der Waals surface area (Å²) in [6.45, 7) is 4.25. The van der Waals surface area contributed by atoms with Gasteiger partial charge in [-0.1, -0.05) is 45.6 Å². The number of rotatable bonds is 3. The number of pyridine rings is 1. The number of nitrogens with one attached hydrogen (secondary N) is 1. The standard InChI is InChI=1S/C20H19F3N4O.C3H8/c21-20(22,23)18-8-4-7-17(25-18)19(28)24-14-9-10-16-13(11-14)12-27(26-16)15-5-2-1-3-6-15;1-3-2/h4,7-12,15H,1-3,5-6H2,(H,24,28);3H2,1-2H3. The molecule has 0 aliphatic heterocycles. The highest BCUT2D eigenvalue weighted by atomic mass is 19.4. The number of fused-ring (bicyclic) bond motifs is 1. The number of hydrogen-bond acceptors (Lipinski definition) is 3. The Hall–Kier alpha value is -2.90. The van der Waals surface area contributed by atoms with Crippen LogP contribution in [-0.4, -0.2) is 20.7 Å². The Morgan fingerprint density at radius 3 is 2.52 bits per heavy atom. The van der Waals surface area contributed by atoms with Crippen molar-refractivity contribution in [2.24, 2.45) is 0 Å². The summed E-state index contributed by atoms with van der Waals surface area (Å²) < 4.78 is 40.3. The fraction of sp³-hybridized carbons (Fsp3) is 0.435. The van der Waals surface area contributed by atoms with Crippen LogP contribution in [0.3, 0.4) is 0 Å². The molecule has 1 N–H and O–H groups in total. The van der Waals surface area contributed by atoms with Crippen molar-refractivity contribution < 1.29 is 18.0 Å². The first-order valence-electron chi connectivity index (χ1n) is 10.7. The van der Waals surface area contributed by atoms with Crippen LogP contribution >= 0.6 is 0 Å². The molecule has 1 aliphatic rings. The van der Waals surface area contributed by atoms with Gasteiger partial charge in [0.2, 0.25) is 0 Å². The zero-order chi connectivity index (χ0) is 22.4. The number of carbonyl (C=O) groups is 1. The largest absolute Gasteiger partial charge is 0.433 e. The number of anilines is 1. The molecule has 0 bridgehead atoms. The average Bonchev–Trinajstić information content (AvgIpc) is 3.18. The van der Waals surface area contributed by atoms with Crippen molar-refractivity contribution >= 4 is 22.5 Å². The van der Waals surface area contributed by atoms with Gasteiger partial charge in [-0.15, -0.1) is 0 Å². The quantitative estimate of drug-likeness (QED) is 0.506. The van der Waals surface area contributed by atoms with Gasteiger partial charge in [0, 0.05) is 17.3 Å². The predicted octanol–water partition coefficient (Wildman–Crippen LogP) is 6.62. The number of amides is 1. The molecule has 0 spiro atoms. The van der Waals surface area contributed by atoms with Gasteiger partial charge in [0.05, 0.1) is 11.6 Å². The van der Waals surface area contributed by atoms with E-state index in [1.165, 1.54) is 37.8 Å². The molecule has 5 nitrogen and oxygen atoms in total. The summed E-state index contributed by atoms with van der Waals surface area (Å²) in [6, 6.07) is 8.91. The summed E-state index contributed by atoms with van der Waals surface area (Å²) in [5.41, 5.74) is -0.0714. The molecule has 3 aromatic rings.